The molecule has 0 aromatic carbocycles. The largest absolute Gasteiger partial charge is 0.455 e. The highest BCUT2D eigenvalue weighted by molar-refractivity contribution is 5.77. The van der Waals surface area contributed by atoms with Crippen LogP contribution in [0.15, 0.2) is 0 Å². The summed E-state index contributed by atoms with van der Waals surface area (Å²) in [4.78, 5) is 12.7. The van der Waals surface area contributed by atoms with Crippen molar-refractivity contribution in [1.82, 2.24) is 0 Å². The molecule has 1 saturated heterocycles. The Morgan fingerprint density at radius 1 is 0.714 bits per heavy atom. The minimum absolute atomic E-state index is 0.331. The molecule has 0 aliphatic carbocycles. The number of esters is 1. The molecule has 6 heteroatoms. The van der Waals surface area contributed by atoms with E-state index in [1.807, 2.05) is 0 Å². The van der Waals surface area contributed by atoms with Gasteiger partial charge in [0.05, 0.1) is 6.61 Å². The van der Waals surface area contributed by atoms with Crippen LogP contribution in [0.25, 0.3) is 0 Å². The van der Waals surface area contributed by atoms with Crippen LogP contribution < -0.4 is 0 Å². The SMILES string of the molecule is CCCCOC[C@H]1OC(=O)[C@H](OCCCC)[C@@H](OCCCC)[C@@H]1OCCCC. The molecule has 28 heavy (non-hydrogen) atoms. The number of carbonyl (C=O) groups is 1. The maximum absolute atomic E-state index is 12.7. The van der Waals surface area contributed by atoms with Crippen molar-refractivity contribution >= 4 is 5.97 Å². The Kier molecular flexibility index (Phi) is 14.6. The van der Waals surface area contributed by atoms with E-state index in [-0.39, 0.29) is 12.1 Å². The highest BCUT2D eigenvalue weighted by atomic mass is 16.6. The lowest BCUT2D eigenvalue weighted by atomic mass is 9.98. The van der Waals surface area contributed by atoms with Gasteiger partial charge in [0.2, 0.25) is 0 Å². The van der Waals surface area contributed by atoms with Gasteiger partial charge in [-0.15, -0.1) is 0 Å². The Balaban J connectivity index is 2.86. The fourth-order valence-corrected chi connectivity index (χ4v) is 3.01. The van der Waals surface area contributed by atoms with Crippen molar-refractivity contribution in [2.45, 2.75) is 103 Å². The third kappa shape index (κ3) is 9.21. The summed E-state index contributed by atoms with van der Waals surface area (Å²) in [6, 6.07) is 0. The summed E-state index contributed by atoms with van der Waals surface area (Å²) in [6.45, 7) is 11.2. The molecule has 0 amide bonds. The van der Waals surface area contributed by atoms with Crippen molar-refractivity contribution in [2.75, 3.05) is 33.0 Å². The molecule has 166 valence electrons. The van der Waals surface area contributed by atoms with Crippen molar-refractivity contribution in [3.8, 4) is 0 Å². The zero-order valence-corrected chi connectivity index (χ0v) is 18.5. The van der Waals surface area contributed by atoms with Crippen molar-refractivity contribution in [3.05, 3.63) is 0 Å². The molecule has 0 N–H and O–H groups in total. The van der Waals surface area contributed by atoms with Crippen LogP contribution in [-0.4, -0.2) is 63.4 Å². The molecule has 1 fully saturated rings. The van der Waals surface area contributed by atoms with Gasteiger partial charge in [-0.3, -0.25) is 0 Å². The number of rotatable bonds is 17. The fraction of sp³-hybridized carbons (Fsp3) is 0.955. The van der Waals surface area contributed by atoms with E-state index in [1.165, 1.54) is 0 Å². The van der Waals surface area contributed by atoms with Crippen LogP contribution in [0.3, 0.4) is 0 Å². The van der Waals surface area contributed by atoms with Crippen LogP contribution in [0.1, 0.15) is 79.1 Å². The third-order valence-electron chi connectivity index (χ3n) is 4.82. The number of hydrogen-bond acceptors (Lipinski definition) is 6. The Morgan fingerprint density at radius 2 is 1.21 bits per heavy atom. The number of cyclic esters (lactones) is 1. The van der Waals surface area contributed by atoms with Crippen LogP contribution in [-0.2, 0) is 28.5 Å². The van der Waals surface area contributed by atoms with Gasteiger partial charge in [0.1, 0.15) is 12.2 Å². The van der Waals surface area contributed by atoms with Crippen LogP contribution in [0, 0.1) is 0 Å². The van der Waals surface area contributed by atoms with Gasteiger partial charge in [0, 0.05) is 26.4 Å². The lowest BCUT2D eigenvalue weighted by molar-refractivity contribution is -0.233. The Morgan fingerprint density at radius 3 is 1.79 bits per heavy atom. The predicted molar refractivity (Wildman–Crippen MR) is 110 cm³/mol. The van der Waals surface area contributed by atoms with E-state index in [0.717, 1.165) is 51.4 Å². The molecule has 1 heterocycles. The van der Waals surface area contributed by atoms with Gasteiger partial charge in [0.15, 0.2) is 12.2 Å². The first-order chi connectivity index (χ1) is 13.7. The minimum Gasteiger partial charge on any atom is -0.455 e. The predicted octanol–water partition coefficient (Wildman–Crippen LogP) is 4.28. The molecule has 1 aliphatic heterocycles. The quantitative estimate of drug-likeness (QED) is 0.267. The Hall–Kier alpha value is -0.690. The number of ether oxygens (including phenoxy) is 5. The third-order valence-corrected chi connectivity index (χ3v) is 4.82. The van der Waals surface area contributed by atoms with Gasteiger partial charge in [-0.05, 0) is 25.7 Å². The summed E-state index contributed by atoms with van der Waals surface area (Å²) >= 11 is 0. The van der Waals surface area contributed by atoms with Gasteiger partial charge in [0.25, 0.3) is 0 Å². The second-order valence-corrected chi connectivity index (χ2v) is 7.43. The van der Waals surface area contributed by atoms with Gasteiger partial charge in [-0.2, -0.15) is 0 Å². The molecular weight excluding hydrogens is 360 g/mol. The normalized spacial score (nSPS) is 25.1. The first-order valence-corrected chi connectivity index (χ1v) is 11.3. The summed E-state index contributed by atoms with van der Waals surface area (Å²) in [5, 5.41) is 0. The van der Waals surface area contributed by atoms with Gasteiger partial charge >= 0.3 is 5.97 Å². The van der Waals surface area contributed by atoms with Crippen molar-refractivity contribution in [3.63, 3.8) is 0 Å². The maximum Gasteiger partial charge on any atom is 0.338 e. The smallest absolute Gasteiger partial charge is 0.338 e. The molecule has 1 aliphatic rings. The van der Waals surface area contributed by atoms with E-state index < -0.39 is 18.3 Å². The molecule has 0 spiro atoms. The van der Waals surface area contributed by atoms with Crippen molar-refractivity contribution in [1.29, 1.82) is 0 Å². The van der Waals surface area contributed by atoms with Crippen molar-refractivity contribution in [2.24, 2.45) is 0 Å². The molecule has 0 bridgehead atoms. The topological polar surface area (TPSA) is 63.2 Å². The molecule has 0 aromatic heterocycles. The van der Waals surface area contributed by atoms with E-state index in [2.05, 4.69) is 27.7 Å². The summed E-state index contributed by atoms with van der Waals surface area (Å²) in [6.07, 6.45) is 5.91. The van der Waals surface area contributed by atoms with Gasteiger partial charge < -0.3 is 23.7 Å². The lowest BCUT2D eigenvalue weighted by Crippen LogP contribution is -2.60. The van der Waals surface area contributed by atoms with Crippen LogP contribution in [0.4, 0.5) is 0 Å². The number of unbranched alkanes of at least 4 members (excludes halogenated alkanes) is 4. The summed E-state index contributed by atoms with van der Waals surface area (Å²) in [5.41, 5.74) is 0. The zero-order chi connectivity index (χ0) is 20.6. The maximum atomic E-state index is 12.7. The highest BCUT2D eigenvalue weighted by Gasteiger charge is 2.48. The molecule has 0 unspecified atom stereocenters. The monoisotopic (exact) mass is 402 g/mol. The highest BCUT2D eigenvalue weighted by Crippen LogP contribution is 2.26. The first kappa shape index (κ1) is 25.3. The standard InChI is InChI=1S/C22H42O6/c1-5-9-13-24-17-18-19(25-14-10-6-2)20(26-15-11-7-3)21(22(23)28-18)27-16-12-8-4/h18-21H,5-17H2,1-4H3/t18-,19-,20+,21-/m1/s1. The lowest BCUT2D eigenvalue weighted by Gasteiger charge is -2.41. The molecule has 0 aromatic rings. The molecule has 1 rings (SSSR count). The number of hydrogen-bond donors (Lipinski definition) is 0. The average molecular weight is 403 g/mol. The minimum atomic E-state index is -0.734. The Labute approximate surface area is 171 Å². The second-order valence-electron chi connectivity index (χ2n) is 7.43. The van der Waals surface area contributed by atoms with E-state index >= 15 is 0 Å². The van der Waals surface area contributed by atoms with E-state index in [0.29, 0.717) is 33.0 Å². The van der Waals surface area contributed by atoms with E-state index in [1.54, 1.807) is 0 Å². The summed E-state index contributed by atoms with van der Waals surface area (Å²) < 4.78 is 29.6. The Bertz CT molecular complexity index is 389. The molecule has 0 saturated carbocycles. The van der Waals surface area contributed by atoms with Crippen LogP contribution in [0.5, 0.6) is 0 Å². The van der Waals surface area contributed by atoms with Gasteiger partial charge in [-0.25, -0.2) is 4.79 Å². The van der Waals surface area contributed by atoms with Gasteiger partial charge in [-0.1, -0.05) is 53.4 Å². The fourth-order valence-electron chi connectivity index (χ4n) is 3.01. The first-order valence-electron chi connectivity index (χ1n) is 11.3. The zero-order valence-electron chi connectivity index (χ0n) is 18.5. The molecule has 4 atom stereocenters. The average Bonchev–Trinajstić information content (AvgIpc) is 2.69. The van der Waals surface area contributed by atoms with E-state index in [9.17, 15) is 4.79 Å². The summed E-state index contributed by atoms with van der Waals surface area (Å²) in [5.74, 6) is -0.364. The van der Waals surface area contributed by atoms with Crippen LogP contribution >= 0.6 is 0 Å². The molecular formula is C22H42O6. The van der Waals surface area contributed by atoms with Crippen molar-refractivity contribution < 1.29 is 28.5 Å². The van der Waals surface area contributed by atoms with E-state index in [4.69, 9.17) is 23.7 Å². The molecule has 0 radical (unpaired) electrons. The second kappa shape index (κ2) is 16.1. The summed E-state index contributed by atoms with van der Waals surface area (Å²) in [7, 11) is 0. The molecule has 6 nitrogen and oxygen atoms in total. The van der Waals surface area contributed by atoms with Crippen LogP contribution in [0.2, 0.25) is 0 Å². The number of carbonyl (C=O) groups excluding carboxylic acids is 1.